The molecule has 4 amide bonds. The van der Waals surface area contributed by atoms with Crippen LogP contribution in [-0.4, -0.2) is 113 Å². The van der Waals surface area contributed by atoms with Gasteiger partial charge in [0.25, 0.3) is 5.91 Å². The maximum Gasteiger partial charge on any atom is 0.411 e. The van der Waals surface area contributed by atoms with E-state index in [2.05, 4.69) is 20.5 Å². The largest absolute Gasteiger partial charge is 0.457 e. The number of benzene rings is 4. The van der Waals surface area contributed by atoms with Crippen LogP contribution in [0.15, 0.2) is 103 Å². The number of ether oxygens (including phenoxy) is 3. The van der Waals surface area contributed by atoms with E-state index in [9.17, 15) is 19.2 Å². The number of nitrogens with one attached hydrogen (secondary N) is 2. The molecule has 2 N–H and O–H groups in total. The first-order chi connectivity index (χ1) is 31.2. The molecule has 4 atom stereocenters. The van der Waals surface area contributed by atoms with E-state index >= 15 is 0 Å². The van der Waals surface area contributed by atoms with Gasteiger partial charge < -0.3 is 39.2 Å². The zero-order valence-corrected chi connectivity index (χ0v) is 38.8. The van der Waals surface area contributed by atoms with E-state index in [1.54, 1.807) is 35.2 Å². The highest BCUT2D eigenvalue weighted by molar-refractivity contribution is 6.31. The smallest absolute Gasteiger partial charge is 0.411 e. The second kappa shape index (κ2) is 20.9. The van der Waals surface area contributed by atoms with Crippen LogP contribution in [0.2, 0.25) is 10.0 Å². The normalized spacial score (nSPS) is 20.8. The van der Waals surface area contributed by atoms with Crippen molar-refractivity contribution < 1.29 is 33.4 Å². The maximum atomic E-state index is 14.8. The topological polar surface area (TPSA) is 148 Å². The van der Waals surface area contributed by atoms with Crippen LogP contribution in [0.1, 0.15) is 42.3 Å². The van der Waals surface area contributed by atoms with Crippen LogP contribution in [0, 0.1) is 0 Å². The summed E-state index contributed by atoms with van der Waals surface area (Å²) < 4.78 is 20.2. The molecule has 0 spiro atoms. The number of nitrogens with zero attached hydrogens (tertiary/aromatic N) is 5. The van der Waals surface area contributed by atoms with E-state index in [-0.39, 0.29) is 26.1 Å². The molecule has 1 aromatic heterocycles. The number of cyclic esters (lactones) is 1. The van der Waals surface area contributed by atoms with E-state index in [4.69, 9.17) is 37.4 Å². The van der Waals surface area contributed by atoms with E-state index in [1.807, 2.05) is 98.6 Å². The standard InChI is InChI=1S/C49H55Cl2N7O7/c1-32-45(59)53-40(30-63-5)46(60)54-49(26-34-12-17-37(50)18-13-34)22-9-23-57(31-49)47(61)43(24-33-10-7-6-8-11-33)65-48(62)58(32)28-36-14-19-38(51)25-42(36)64-39-20-15-35(16-21-39)41-27-52-44(56(41)4)29-55(2)3/h6-8,10-21,25,27,32,40,43H,9,22-24,26,28-31H2,1-5H3,(H,53,59)(H,54,60)/t32-,40-,43-,49+/m0/s1. The number of fused-ring (bicyclic) bond motifs is 2. The van der Waals surface area contributed by atoms with Crippen molar-refractivity contribution in [3.63, 3.8) is 0 Å². The molecular formula is C49H55Cl2N7O7. The molecule has 16 heteroatoms. The summed E-state index contributed by atoms with van der Waals surface area (Å²) in [6, 6.07) is 26.8. The van der Waals surface area contributed by atoms with Crippen LogP contribution < -0.4 is 15.4 Å². The molecule has 65 heavy (non-hydrogen) atoms. The van der Waals surface area contributed by atoms with E-state index < -0.39 is 47.5 Å². The van der Waals surface area contributed by atoms with Crippen molar-refractivity contribution >= 4 is 47.0 Å². The van der Waals surface area contributed by atoms with Crippen molar-refractivity contribution in [1.82, 2.24) is 34.9 Å². The van der Waals surface area contributed by atoms with Crippen molar-refractivity contribution in [2.24, 2.45) is 7.05 Å². The minimum atomic E-state index is -1.27. The maximum absolute atomic E-state index is 14.8. The van der Waals surface area contributed by atoms with Crippen LogP contribution in [0.3, 0.4) is 0 Å². The van der Waals surface area contributed by atoms with Crippen molar-refractivity contribution in [2.75, 3.05) is 40.9 Å². The molecule has 0 unspecified atom stereocenters. The summed E-state index contributed by atoms with van der Waals surface area (Å²) in [5, 5.41) is 7.03. The fourth-order valence-corrected chi connectivity index (χ4v) is 8.69. The fourth-order valence-electron chi connectivity index (χ4n) is 8.40. The van der Waals surface area contributed by atoms with Crippen LogP contribution in [0.4, 0.5) is 4.79 Å². The first-order valence-electron chi connectivity index (χ1n) is 21.6. The molecule has 2 fully saturated rings. The third kappa shape index (κ3) is 11.7. The van der Waals surface area contributed by atoms with Gasteiger partial charge >= 0.3 is 6.09 Å². The Bertz CT molecular complexity index is 2470. The number of amides is 4. The summed E-state index contributed by atoms with van der Waals surface area (Å²) in [7, 11) is 7.40. The molecule has 14 nitrogen and oxygen atoms in total. The molecule has 342 valence electrons. The first-order valence-corrected chi connectivity index (χ1v) is 22.3. The highest BCUT2D eigenvalue weighted by atomic mass is 35.5. The number of halogens is 2. The quantitative estimate of drug-likeness (QED) is 0.127. The molecule has 2 aliphatic rings. The summed E-state index contributed by atoms with van der Waals surface area (Å²) in [4.78, 5) is 67.7. The summed E-state index contributed by atoms with van der Waals surface area (Å²) in [6.45, 7) is 2.39. The fraction of sp³-hybridized carbons (Fsp3) is 0.367. The van der Waals surface area contributed by atoms with Gasteiger partial charge in [0.2, 0.25) is 11.8 Å². The summed E-state index contributed by atoms with van der Waals surface area (Å²) in [6.07, 6.45) is 1.20. The molecule has 0 radical (unpaired) electrons. The number of imidazole rings is 1. The monoisotopic (exact) mass is 923 g/mol. The molecule has 2 aliphatic heterocycles. The van der Waals surface area contributed by atoms with Crippen LogP contribution >= 0.6 is 23.2 Å². The SMILES string of the molecule is COC[C@@H]1NC(=O)[C@H](C)N(Cc2ccc(Cl)cc2Oc2ccc(-c3cnc(CN(C)C)n3C)cc2)C(=O)O[C@@H](Cc2ccccc2)C(=O)N2CCC[C@@](Cc3ccc(Cl)cc3)(C2)NC1=O. The van der Waals surface area contributed by atoms with Gasteiger partial charge in [-0.25, -0.2) is 9.78 Å². The lowest BCUT2D eigenvalue weighted by atomic mass is 9.82. The Morgan fingerprint density at radius 3 is 2.34 bits per heavy atom. The minimum Gasteiger partial charge on any atom is -0.457 e. The molecule has 0 aliphatic carbocycles. The van der Waals surface area contributed by atoms with Crippen LogP contribution in [-0.2, 0) is 56.8 Å². The Morgan fingerprint density at radius 2 is 1.63 bits per heavy atom. The number of methoxy groups -OCH3 is 1. The van der Waals surface area contributed by atoms with E-state index in [0.717, 1.165) is 28.2 Å². The van der Waals surface area contributed by atoms with Gasteiger partial charge in [0.15, 0.2) is 6.10 Å². The van der Waals surface area contributed by atoms with Gasteiger partial charge in [0.05, 0.1) is 37.1 Å². The van der Waals surface area contributed by atoms with Crippen LogP contribution in [0.25, 0.3) is 11.3 Å². The third-order valence-electron chi connectivity index (χ3n) is 11.9. The predicted molar refractivity (Wildman–Crippen MR) is 249 cm³/mol. The highest BCUT2D eigenvalue weighted by Crippen LogP contribution is 2.33. The summed E-state index contributed by atoms with van der Waals surface area (Å²) in [5.41, 5.74) is 3.11. The summed E-state index contributed by atoms with van der Waals surface area (Å²) >= 11 is 12.8. The Hall–Kier alpha value is -5.93. The van der Waals surface area contributed by atoms with E-state index in [0.29, 0.717) is 59.5 Å². The predicted octanol–water partition coefficient (Wildman–Crippen LogP) is 7.05. The number of carbonyl (C=O) groups is 4. The molecule has 2 bridgehead atoms. The van der Waals surface area contributed by atoms with Gasteiger partial charge in [-0.1, -0.05) is 71.7 Å². The van der Waals surface area contributed by atoms with Crippen molar-refractivity contribution in [1.29, 1.82) is 0 Å². The molecule has 0 saturated carbocycles. The lowest BCUT2D eigenvalue weighted by Gasteiger charge is -2.45. The number of aromatic nitrogens is 2. The van der Waals surface area contributed by atoms with Crippen molar-refractivity contribution in [3.05, 3.63) is 136 Å². The first kappa shape index (κ1) is 47.0. The molecular weight excluding hydrogens is 869 g/mol. The van der Waals surface area contributed by atoms with Gasteiger partial charge in [-0.05, 0) is 99.9 Å². The van der Waals surface area contributed by atoms with Crippen LogP contribution in [0.5, 0.6) is 11.5 Å². The number of carbonyl (C=O) groups excluding carboxylic acids is 4. The van der Waals surface area contributed by atoms with Gasteiger partial charge in [-0.2, -0.15) is 0 Å². The van der Waals surface area contributed by atoms with Crippen molar-refractivity contribution in [2.45, 2.75) is 69.4 Å². The number of hydrogen-bond donors (Lipinski definition) is 2. The third-order valence-corrected chi connectivity index (χ3v) is 12.3. The molecule has 3 heterocycles. The molecule has 4 aromatic carbocycles. The average Bonchev–Trinajstić information content (AvgIpc) is 3.64. The molecule has 5 aromatic rings. The number of rotatable bonds is 13. The van der Waals surface area contributed by atoms with Gasteiger partial charge in [-0.15, -0.1) is 0 Å². The minimum absolute atomic E-state index is 0.0733. The second-order valence-corrected chi connectivity index (χ2v) is 17.9. The number of hydrogen-bond acceptors (Lipinski definition) is 9. The Labute approximate surface area is 389 Å². The van der Waals surface area contributed by atoms with Gasteiger partial charge in [0.1, 0.15) is 29.4 Å². The number of piperidine rings is 1. The lowest BCUT2D eigenvalue weighted by Crippen LogP contribution is -2.66. The summed E-state index contributed by atoms with van der Waals surface area (Å²) in [5.74, 6) is 0.207. The highest BCUT2D eigenvalue weighted by Gasteiger charge is 2.43. The molecule has 7 rings (SSSR count). The Balaban J connectivity index is 1.21. The second-order valence-electron chi connectivity index (χ2n) is 17.1. The van der Waals surface area contributed by atoms with Gasteiger partial charge in [0, 0.05) is 54.8 Å². The Kier molecular flexibility index (Phi) is 15.1. The molecule has 2 saturated heterocycles. The zero-order chi connectivity index (χ0) is 46.3. The lowest BCUT2D eigenvalue weighted by molar-refractivity contribution is -0.145. The Morgan fingerprint density at radius 1 is 0.908 bits per heavy atom. The van der Waals surface area contributed by atoms with Crippen molar-refractivity contribution in [3.8, 4) is 22.8 Å². The van der Waals surface area contributed by atoms with Gasteiger partial charge in [-0.3, -0.25) is 19.3 Å². The zero-order valence-electron chi connectivity index (χ0n) is 37.3. The van der Waals surface area contributed by atoms with E-state index in [1.165, 1.54) is 18.9 Å². The average molecular weight is 925 g/mol.